The number of ether oxygens (including phenoxy) is 8. The van der Waals surface area contributed by atoms with E-state index in [1.165, 1.54) is 18.2 Å². The number of phenolic OH excluding ortho intramolecular Hbond substituents is 1. The molecule has 39 heavy (non-hydrogen) atoms. The van der Waals surface area contributed by atoms with Crippen molar-refractivity contribution in [2.45, 2.75) is 6.18 Å². The van der Waals surface area contributed by atoms with Crippen molar-refractivity contribution in [2.24, 2.45) is 0 Å². The molecule has 0 unspecified atom stereocenters. The summed E-state index contributed by atoms with van der Waals surface area (Å²) in [7, 11) is 0. The van der Waals surface area contributed by atoms with Crippen molar-refractivity contribution in [3.63, 3.8) is 0 Å². The summed E-state index contributed by atoms with van der Waals surface area (Å²) in [4.78, 5) is 10.6. The molecule has 11 nitrogen and oxygen atoms in total. The van der Waals surface area contributed by atoms with E-state index in [1.807, 2.05) is 0 Å². The molecule has 0 saturated carbocycles. The van der Waals surface area contributed by atoms with Gasteiger partial charge in [-0.3, -0.25) is 0 Å². The van der Waals surface area contributed by atoms with Crippen molar-refractivity contribution in [1.82, 2.24) is 0 Å². The highest BCUT2D eigenvalue weighted by Crippen LogP contribution is 2.27. The van der Waals surface area contributed by atoms with Crippen LogP contribution in [0.5, 0.6) is 11.5 Å². The Bertz CT molecular complexity index is 791. The Morgan fingerprint density at radius 3 is 1.51 bits per heavy atom. The van der Waals surface area contributed by atoms with E-state index in [4.69, 9.17) is 38.3 Å². The quantitative estimate of drug-likeness (QED) is 0.133. The molecule has 0 spiro atoms. The van der Waals surface area contributed by atoms with Crippen LogP contribution in [0.25, 0.3) is 6.08 Å². The van der Waals surface area contributed by atoms with Crippen LogP contribution in [0.3, 0.4) is 0 Å². The second kappa shape index (κ2) is 22.4. The van der Waals surface area contributed by atoms with E-state index < -0.39 is 18.8 Å². The zero-order valence-electron chi connectivity index (χ0n) is 21.7. The molecule has 14 heteroatoms. The molecule has 0 saturated heterocycles. The van der Waals surface area contributed by atoms with Crippen molar-refractivity contribution in [2.75, 3.05) is 99.1 Å². The van der Waals surface area contributed by atoms with Crippen molar-refractivity contribution in [3.8, 4) is 11.5 Å². The second-order valence-electron chi connectivity index (χ2n) is 7.59. The number of alkyl halides is 3. The monoisotopic (exact) mass is 570 g/mol. The van der Waals surface area contributed by atoms with Crippen LogP contribution in [0.4, 0.5) is 13.2 Å². The van der Waals surface area contributed by atoms with E-state index in [1.54, 1.807) is 6.07 Å². The number of carboxylic acid groups (broad SMARTS) is 1. The van der Waals surface area contributed by atoms with Crippen LogP contribution in [0.15, 0.2) is 24.3 Å². The zero-order chi connectivity index (χ0) is 28.6. The Labute approximate surface area is 225 Å². The van der Waals surface area contributed by atoms with Crippen molar-refractivity contribution in [1.29, 1.82) is 0 Å². The molecule has 0 aliphatic rings. The molecule has 224 valence electrons. The van der Waals surface area contributed by atoms with Gasteiger partial charge in [-0.1, -0.05) is 6.07 Å². The highest BCUT2D eigenvalue weighted by atomic mass is 19.4. The highest BCUT2D eigenvalue weighted by Gasteiger charge is 2.27. The van der Waals surface area contributed by atoms with E-state index in [2.05, 4.69) is 4.74 Å². The fourth-order valence-corrected chi connectivity index (χ4v) is 2.64. The van der Waals surface area contributed by atoms with Crippen LogP contribution in [-0.2, 0) is 38.0 Å². The largest absolute Gasteiger partial charge is 0.504 e. The number of hydrogen-bond acceptors (Lipinski definition) is 10. The van der Waals surface area contributed by atoms with Crippen molar-refractivity contribution in [3.05, 3.63) is 29.8 Å². The van der Waals surface area contributed by atoms with Gasteiger partial charge in [0.2, 0.25) is 0 Å². The molecule has 1 aromatic rings. The molecule has 0 heterocycles. The van der Waals surface area contributed by atoms with Gasteiger partial charge in [-0.05, 0) is 23.8 Å². The lowest BCUT2D eigenvalue weighted by molar-refractivity contribution is -0.176. The first-order valence-corrected chi connectivity index (χ1v) is 12.3. The van der Waals surface area contributed by atoms with E-state index in [0.29, 0.717) is 65.0 Å². The first kappa shape index (κ1) is 34.6. The summed E-state index contributed by atoms with van der Waals surface area (Å²) in [6, 6.07) is 4.52. The normalized spacial score (nSPS) is 11.9. The third kappa shape index (κ3) is 22.1. The molecular weight excluding hydrogens is 533 g/mol. The first-order valence-electron chi connectivity index (χ1n) is 12.3. The topological polar surface area (TPSA) is 131 Å². The number of phenols is 1. The number of carbonyl (C=O) groups is 1. The molecule has 2 N–H and O–H groups in total. The maximum absolute atomic E-state index is 11.9. The third-order valence-corrected chi connectivity index (χ3v) is 4.39. The molecule has 1 aromatic carbocycles. The van der Waals surface area contributed by atoms with E-state index in [9.17, 15) is 23.1 Å². The lowest BCUT2D eigenvalue weighted by Gasteiger charge is -2.10. The first-order chi connectivity index (χ1) is 18.8. The molecule has 0 atom stereocenters. The number of halogens is 3. The van der Waals surface area contributed by atoms with E-state index in [0.717, 1.165) is 6.08 Å². The Morgan fingerprint density at radius 1 is 0.692 bits per heavy atom. The van der Waals surface area contributed by atoms with Gasteiger partial charge < -0.3 is 48.1 Å². The van der Waals surface area contributed by atoms with E-state index in [-0.39, 0.29) is 44.5 Å². The molecule has 0 aliphatic carbocycles. The van der Waals surface area contributed by atoms with Gasteiger partial charge >= 0.3 is 12.1 Å². The van der Waals surface area contributed by atoms with Crippen LogP contribution in [0.1, 0.15) is 5.56 Å². The van der Waals surface area contributed by atoms with Crippen LogP contribution < -0.4 is 4.74 Å². The summed E-state index contributed by atoms with van der Waals surface area (Å²) in [5, 5.41) is 18.5. The van der Waals surface area contributed by atoms with Gasteiger partial charge in [0, 0.05) is 6.08 Å². The standard InChI is InChI=1S/C25H37F3O11/c26-25(27,28)20-38-16-15-36-12-11-34-8-7-32-5-6-33-9-10-35-13-14-37-17-18-39-23-19-21(1-3-22(23)29)2-4-24(30)31/h1-4,19,29H,5-18,20H2,(H,30,31)/b4-2+. The summed E-state index contributed by atoms with van der Waals surface area (Å²) in [6.45, 7) is 2.77. The van der Waals surface area contributed by atoms with Crippen LogP contribution in [-0.4, -0.2) is 121 Å². The number of rotatable bonds is 25. The molecular formula is C25H37F3O11. The smallest absolute Gasteiger partial charge is 0.411 e. The lowest BCUT2D eigenvalue weighted by atomic mass is 10.2. The lowest BCUT2D eigenvalue weighted by Crippen LogP contribution is -2.19. The fourth-order valence-electron chi connectivity index (χ4n) is 2.64. The average molecular weight is 571 g/mol. The summed E-state index contributed by atoms with van der Waals surface area (Å²) < 4.78 is 77.3. The van der Waals surface area contributed by atoms with Crippen LogP contribution >= 0.6 is 0 Å². The van der Waals surface area contributed by atoms with Gasteiger partial charge in [-0.15, -0.1) is 0 Å². The molecule has 0 bridgehead atoms. The zero-order valence-corrected chi connectivity index (χ0v) is 21.7. The van der Waals surface area contributed by atoms with Gasteiger partial charge in [0.05, 0.1) is 85.9 Å². The Balaban J connectivity index is 1.81. The minimum Gasteiger partial charge on any atom is -0.504 e. The molecule has 0 amide bonds. The average Bonchev–Trinajstić information content (AvgIpc) is 2.88. The number of benzene rings is 1. The maximum Gasteiger partial charge on any atom is 0.411 e. The Kier molecular flexibility index (Phi) is 19.8. The maximum atomic E-state index is 11.9. The minimum absolute atomic E-state index is 0.0533. The summed E-state index contributed by atoms with van der Waals surface area (Å²) in [5.41, 5.74) is 0.582. The predicted octanol–water partition coefficient (Wildman–Crippen LogP) is 2.55. The fraction of sp³-hybridized carbons (Fsp3) is 0.640. The molecule has 0 radical (unpaired) electrons. The Hall–Kier alpha value is -2.46. The number of aromatic hydroxyl groups is 1. The highest BCUT2D eigenvalue weighted by molar-refractivity contribution is 5.85. The molecule has 0 fully saturated rings. The Morgan fingerprint density at radius 2 is 1.10 bits per heavy atom. The van der Waals surface area contributed by atoms with Crippen LogP contribution in [0, 0.1) is 0 Å². The van der Waals surface area contributed by atoms with Gasteiger partial charge in [-0.25, -0.2) is 4.79 Å². The van der Waals surface area contributed by atoms with Crippen LogP contribution in [0.2, 0.25) is 0 Å². The summed E-state index contributed by atoms with van der Waals surface area (Å²) in [6.07, 6.45) is -1.94. The molecule has 0 aromatic heterocycles. The number of aliphatic carboxylic acids is 1. The molecule has 1 rings (SSSR count). The van der Waals surface area contributed by atoms with Gasteiger partial charge in [-0.2, -0.15) is 13.2 Å². The van der Waals surface area contributed by atoms with Gasteiger partial charge in [0.15, 0.2) is 11.5 Å². The summed E-state index contributed by atoms with van der Waals surface area (Å²) in [5.74, 6) is -0.890. The third-order valence-electron chi connectivity index (χ3n) is 4.39. The van der Waals surface area contributed by atoms with Gasteiger partial charge in [0.1, 0.15) is 13.2 Å². The van der Waals surface area contributed by atoms with Gasteiger partial charge in [0.25, 0.3) is 0 Å². The minimum atomic E-state index is -4.33. The predicted molar refractivity (Wildman–Crippen MR) is 132 cm³/mol. The van der Waals surface area contributed by atoms with Crippen molar-refractivity contribution < 1.29 is 66.1 Å². The number of carboxylic acids is 1. The molecule has 0 aliphatic heterocycles. The van der Waals surface area contributed by atoms with Crippen molar-refractivity contribution >= 4 is 12.0 Å². The second-order valence-corrected chi connectivity index (χ2v) is 7.59. The number of hydrogen-bond donors (Lipinski definition) is 2. The summed E-state index contributed by atoms with van der Waals surface area (Å²) >= 11 is 0. The SMILES string of the molecule is O=C(O)/C=C/c1ccc(O)c(OCCOCCOCCOCCOCCOCCOCCOCC(F)(F)F)c1. The van der Waals surface area contributed by atoms with E-state index >= 15 is 0 Å².